The molecule has 0 radical (unpaired) electrons. The van der Waals surface area contributed by atoms with E-state index in [0.717, 1.165) is 48.9 Å². The maximum atomic E-state index is 12.0. The van der Waals surface area contributed by atoms with E-state index in [9.17, 15) is 4.79 Å². The first kappa shape index (κ1) is 19.8. The summed E-state index contributed by atoms with van der Waals surface area (Å²) in [7, 11) is 5.59. The molecule has 2 aromatic rings. The number of nitrogens with one attached hydrogen (secondary N) is 1. The molecular formula is C20H29N5OS. The van der Waals surface area contributed by atoms with Crippen molar-refractivity contribution in [1.82, 2.24) is 19.8 Å². The molecular weight excluding hydrogens is 358 g/mol. The van der Waals surface area contributed by atoms with Gasteiger partial charge in [-0.1, -0.05) is 11.8 Å². The van der Waals surface area contributed by atoms with E-state index in [-0.39, 0.29) is 5.91 Å². The maximum absolute atomic E-state index is 12.0. The quantitative estimate of drug-likeness (QED) is 0.584. The second-order valence-corrected chi connectivity index (χ2v) is 8.19. The molecule has 3 rings (SSSR count). The summed E-state index contributed by atoms with van der Waals surface area (Å²) in [5.41, 5.74) is 1.94. The van der Waals surface area contributed by atoms with Crippen LogP contribution in [0.15, 0.2) is 41.8 Å². The van der Waals surface area contributed by atoms with Crippen molar-refractivity contribution in [2.24, 2.45) is 7.05 Å². The molecule has 1 saturated heterocycles. The fraction of sp³-hybridized carbons (Fsp3) is 0.500. The SMILES string of the molecule is CN(C)C(=O)c1ccc(N2CCC(NCCSc3nccn3C)CC2)cc1. The Morgan fingerprint density at radius 3 is 2.56 bits per heavy atom. The Balaban J connectivity index is 1.39. The van der Waals surface area contributed by atoms with E-state index in [1.54, 1.807) is 30.8 Å². The second-order valence-electron chi connectivity index (χ2n) is 7.13. The molecule has 1 amide bonds. The number of anilines is 1. The number of aryl methyl sites for hydroxylation is 1. The minimum absolute atomic E-state index is 0.0490. The van der Waals surface area contributed by atoms with Crippen LogP contribution in [0.25, 0.3) is 0 Å². The van der Waals surface area contributed by atoms with E-state index in [1.165, 1.54) is 5.69 Å². The lowest BCUT2D eigenvalue weighted by Gasteiger charge is -2.34. The number of aromatic nitrogens is 2. The van der Waals surface area contributed by atoms with E-state index in [2.05, 4.69) is 31.9 Å². The highest BCUT2D eigenvalue weighted by atomic mass is 32.2. The van der Waals surface area contributed by atoms with Crippen LogP contribution >= 0.6 is 11.8 Å². The van der Waals surface area contributed by atoms with Crippen LogP contribution in [0.1, 0.15) is 23.2 Å². The number of imidazole rings is 1. The van der Waals surface area contributed by atoms with Crippen molar-refractivity contribution in [3.8, 4) is 0 Å². The molecule has 0 bridgehead atoms. The van der Waals surface area contributed by atoms with E-state index < -0.39 is 0 Å². The first-order valence-electron chi connectivity index (χ1n) is 9.45. The van der Waals surface area contributed by atoms with Crippen molar-refractivity contribution in [2.45, 2.75) is 24.0 Å². The predicted molar refractivity (Wildman–Crippen MR) is 112 cm³/mol. The molecule has 27 heavy (non-hydrogen) atoms. The molecule has 0 saturated carbocycles. The topological polar surface area (TPSA) is 53.4 Å². The van der Waals surface area contributed by atoms with Crippen molar-refractivity contribution in [3.63, 3.8) is 0 Å². The zero-order valence-electron chi connectivity index (χ0n) is 16.4. The van der Waals surface area contributed by atoms with Crippen molar-refractivity contribution < 1.29 is 4.79 Å². The summed E-state index contributed by atoms with van der Waals surface area (Å²) in [6.07, 6.45) is 6.11. The highest BCUT2D eigenvalue weighted by molar-refractivity contribution is 7.99. The third-order valence-corrected chi connectivity index (χ3v) is 5.98. The molecule has 1 aromatic carbocycles. The van der Waals surface area contributed by atoms with Crippen molar-refractivity contribution in [3.05, 3.63) is 42.2 Å². The van der Waals surface area contributed by atoms with Gasteiger partial charge in [0.15, 0.2) is 5.16 Å². The molecule has 0 atom stereocenters. The van der Waals surface area contributed by atoms with E-state index in [1.807, 2.05) is 31.6 Å². The van der Waals surface area contributed by atoms with Gasteiger partial charge in [0.05, 0.1) is 0 Å². The molecule has 0 spiro atoms. The lowest BCUT2D eigenvalue weighted by molar-refractivity contribution is 0.0827. The van der Waals surface area contributed by atoms with Gasteiger partial charge in [0, 0.05) is 76.2 Å². The van der Waals surface area contributed by atoms with Gasteiger partial charge < -0.3 is 19.7 Å². The second kappa shape index (κ2) is 9.28. The van der Waals surface area contributed by atoms with Crippen LogP contribution in [0.4, 0.5) is 5.69 Å². The fourth-order valence-electron chi connectivity index (χ4n) is 3.31. The Hall–Kier alpha value is -1.99. The number of carbonyl (C=O) groups excluding carboxylic acids is 1. The summed E-state index contributed by atoms with van der Waals surface area (Å²) in [6.45, 7) is 3.10. The van der Waals surface area contributed by atoms with Gasteiger partial charge in [-0.15, -0.1) is 0 Å². The van der Waals surface area contributed by atoms with Gasteiger partial charge >= 0.3 is 0 Å². The lowest BCUT2D eigenvalue weighted by atomic mass is 10.0. The zero-order valence-corrected chi connectivity index (χ0v) is 17.2. The maximum Gasteiger partial charge on any atom is 0.253 e. The highest BCUT2D eigenvalue weighted by Gasteiger charge is 2.19. The summed E-state index contributed by atoms with van der Waals surface area (Å²) < 4.78 is 2.06. The summed E-state index contributed by atoms with van der Waals surface area (Å²) in [5, 5.41) is 4.75. The van der Waals surface area contributed by atoms with Crippen LogP contribution in [-0.4, -0.2) is 65.9 Å². The van der Waals surface area contributed by atoms with Gasteiger partial charge in [-0.25, -0.2) is 4.98 Å². The number of nitrogens with zero attached hydrogens (tertiary/aromatic N) is 4. The number of thioether (sulfide) groups is 1. The number of amides is 1. The molecule has 1 aliphatic rings. The van der Waals surface area contributed by atoms with Crippen molar-refractivity contribution in [1.29, 1.82) is 0 Å². The molecule has 1 fully saturated rings. The smallest absolute Gasteiger partial charge is 0.253 e. The zero-order chi connectivity index (χ0) is 19.2. The summed E-state index contributed by atoms with van der Waals surface area (Å²) in [6, 6.07) is 8.56. The van der Waals surface area contributed by atoms with Crippen LogP contribution in [0, 0.1) is 0 Å². The molecule has 1 N–H and O–H groups in total. The number of hydrogen-bond donors (Lipinski definition) is 1. The van der Waals surface area contributed by atoms with Gasteiger partial charge in [0.25, 0.3) is 5.91 Å². The molecule has 2 heterocycles. The molecule has 0 unspecified atom stereocenters. The third kappa shape index (κ3) is 5.26. The van der Waals surface area contributed by atoms with Gasteiger partial charge in [-0.2, -0.15) is 0 Å². The number of carbonyl (C=O) groups is 1. The Kier molecular flexibility index (Phi) is 6.79. The Morgan fingerprint density at radius 1 is 1.26 bits per heavy atom. The van der Waals surface area contributed by atoms with E-state index in [4.69, 9.17) is 0 Å². The average Bonchev–Trinajstić information content (AvgIpc) is 3.10. The first-order valence-corrected chi connectivity index (χ1v) is 10.4. The lowest BCUT2D eigenvalue weighted by Crippen LogP contribution is -2.43. The third-order valence-electron chi connectivity index (χ3n) is 4.92. The minimum Gasteiger partial charge on any atom is -0.371 e. The molecule has 6 nitrogen and oxygen atoms in total. The van der Waals surface area contributed by atoms with Gasteiger partial charge in [0.1, 0.15) is 0 Å². The van der Waals surface area contributed by atoms with Gasteiger partial charge in [-0.05, 0) is 37.1 Å². The van der Waals surface area contributed by atoms with Crippen LogP contribution in [-0.2, 0) is 7.05 Å². The Bertz CT molecular complexity index is 735. The summed E-state index contributed by atoms with van der Waals surface area (Å²) in [4.78, 5) is 20.3. The number of benzene rings is 1. The summed E-state index contributed by atoms with van der Waals surface area (Å²) >= 11 is 1.79. The first-order chi connectivity index (χ1) is 13.0. The Labute approximate surface area is 165 Å². The molecule has 1 aromatic heterocycles. The highest BCUT2D eigenvalue weighted by Crippen LogP contribution is 2.21. The normalized spacial score (nSPS) is 15.1. The fourth-order valence-corrected chi connectivity index (χ4v) is 4.11. The number of rotatable bonds is 7. The average molecular weight is 388 g/mol. The molecule has 146 valence electrons. The molecule has 0 aliphatic carbocycles. The standard InChI is InChI=1S/C20H29N5OS/c1-23(2)19(26)16-4-6-18(7-5-16)25-12-8-17(9-13-25)21-11-15-27-20-22-10-14-24(20)3/h4-7,10,14,17,21H,8-9,11-13,15H2,1-3H3. The largest absolute Gasteiger partial charge is 0.371 e. The summed E-state index contributed by atoms with van der Waals surface area (Å²) in [5.74, 6) is 1.08. The molecule has 1 aliphatic heterocycles. The van der Waals surface area contributed by atoms with Crippen LogP contribution in [0.2, 0.25) is 0 Å². The van der Waals surface area contributed by atoms with Crippen LogP contribution in [0.3, 0.4) is 0 Å². The Morgan fingerprint density at radius 2 is 1.96 bits per heavy atom. The number of hydrogen-bond acceptors (Lipinski definition) is 5. The van der Waals surface area contributed by atoms with E-state index >= 15 is 0 Å². The van der Waals surface area contributed by atoms with Gasteiger partial charge in [0.2, 0.25) is 0 Å². The monoisotopic (exact) mass is 387 g/mol. The van der Waals surface area contributed by atoms with Gasteiger partial charge in [-0.3, -0.25) is 4.79 Å². The number of piperidine rings is 1. The van der Waals surface area contributed by atoms with Crippen LogP contribution in [0.5, 0.6) is 0 Å². The minimum atomic E-state index is 0.0490. The van der Waals surface area contributed by atoms with Crippen LogP contribution < -0.4 is 10.2 Å². The van der Waals surface area contributed by atoms with Crippen molar-refractivity contribution >= 4 is 23.4 Å². The van der Waals surface area contributed by atoms with E-state index in [0.29, 0.717) is 6.04 Å². The van der Waals surface area contributed by atoms with Crippen molar-refractivity contribution in [2.75, 3.05) is 44.4 Å². The molecule has 7 heteroatoms. The predicted octanol–water partition coefficient (Wildman–Crippen LogP) is 2.47.